The zero-order valence-electron chi connectivity index (χ0n) is 13.6. The summed E-state index contributed by atoms with van der Waals surface area (Å²) >= 11 is 0. The first-order valence-corrected chi connectivity index (χ1v) is 9.21. The van der Waals surface area contributed by atoms with Gasteiger partial charge in [-0.25, -0.2) is 0 Å². The second-order valence-corrected chi connectivity index (χ2v) is 8.04. The van der Waals surface area contributed by atoms with E-state index < -0.39 is 0 Å². The van der Waals surface area contributed by atoms with E-state index in [0.717, 1.165) is 23.8 Å². The lowest BCUT2D eigenvalue weighted by Gasteiger charge is -2.41. The largest absolute Gasteiger partial charge is 0.358 e. The zero-order valence-corrected chi connectivity index (χ0v) is 13.6. The molecule has 0 amide bonds. The third-order valence-electron chi connectivity index (χ3n) is 6.28. The lowest BCUT2D eigenvalue weighted by Crippen LogP contribution is -2.46. The van der Waals surface area contributed by atoms with Crippen LogP contribution in [0, 0.1) is 17.8 Å². The molecule has 2 saturated heterocycles. The Morgan fingerprint density at radius 3 is 3.14 bits per heavy atom. The van der Waals surface area contributed by atoms with Crippen molar-refractivity contribution in [3.8, 4) is 0 Å². The highest BCUT2D eigenvalue weighted by molar-refractivity contribution is 5.10. The first-order valence-electron chi connectivity index (χ1n) is 9.21. The first-order chi connectivity index (χ1) is 10.3. The number of nitrogens with zero attached hydrogens (tertiary/aromatic N) is 2. The van der Waals surface area contributed by atoms with Gasteiger partial charge in [0.2, 0.25) is 0 Å². The zero-order chi connectivity index (χ0) is 14.2. The van der Waals surface area contributed by atoms with Crippen LogP contribution >= 0.6 is 0 Å². The van der Waals surface area contributed by atoms with Gasteiger partial charge in [0, 0.05) is 31.0 Å². The Kier molecular flexibility index (Phi) is 3.87. The Morgan fingerprint density at radius 2 is 2.19 bits per heavy atom. The van der Waals surface area contributed by atoms with Crippen molar-refractivity contribution in [3.63, 3.8) is 0 Å². The van der Waals surface area contributed by atoms with E-state index in [1.807, 2.05) is 0 Å². The molecule has 2 unspecified atom stereocenters. The summed E-state index contributed by atoms with van der Waals surface area (Å²) in [5.41, 5.74) is 1.61. The molecule has 4 rings (SSSR count). The molecule has 0 bridgehead atoms. The summed E-state index contributed by atoms with van der Waals surface area (Å²) in [5.74, 6) is 2.79. The maximum Gasteiger partial charge on any atom is 0.0896 e. The smallest absolute Gasteiger partial charge is 0.0896 e. The number of hydrogen-bond acceptors (Lipinski definition) is 3. The maximum atomic E-state index is 3.75. The molecule has 1 N–H and O–H groups in total. The maximum absolute atomic E-state index is 3.75. The van der Waals surface area contributed by atoms with Crippen LogP contribution < -0.4 is 5.32 Å². The summed E-state index contributed by atoms with van der Waals surface area (Å²) in [6.07, 6.45) is 12.4. The van der Waals surface area contributed by atoms with Gasteiger partial charge in [-0.1, -0.05) is 6.92 Å². The second-order valence-electron chi connectivity index (χ2n) is 8.04. The number of piperidine rings is 2. The van der Waals surface area contributed by atoms with Crippen LogP contribution in [0.25, 0.3) is 0 Å². The molecule has 21 heavy (non-hydrogen) atoms. The van der Waals surface area contributed by atoms with Gasteiger partial charge in [-0.3, -0.25) is 0 Å². The number of hydrogen-bond donors (Lipinski definition) is 1. The van der Waals surface area contributed by atoms with Gasteiger partial charge in [-0.15, -0.1) is 0 Å². The van der Waals surface area contributed by atoms with Crippen LogP contribution in [0.3, 0.4) is 0 Å². The summed E-state index contributed by atoms with van der Waals surface area (Å²) in [7, 11) is 0. The van der Waals surface area contributed by atoms with E-state index in [0.29, 0.717) is 0 Å². The Morgan fingerprint density at radius 1 is 1.24 bits per heavy atom. The molecule has 3 heterocycles. The Hall–Kier alpha value is -0.700. The standard InChI is InChI=1S/C18H31N3/c1-14-6-8-21-13-20(12-17(21)9-14)11-15-4-5-18-16(10-15)3-2-7-19-18/h12,14-16,18-19H,2-11,13H2,1H3/t14-,15-,16?,18?/m1/s1. The molecule has 0 aromatic carbocycles. The lowest BCUT2D eigenvalue weighted by atomic mass is 9.74. The van der Waals surface area contributed by atoms with Crippen molar-refractivity contribution in [2.45, 2.75) is 57.9 Å². The second kappa shape index (κ2) is 5.83. The molecule has 0 spiro atoms. The van der Waals surface area contributed by atoms with E-state index in [1.165, 1.54) is 71.2 Å². The van der Waals surface area contributed by atoms with Crippen molar-refractivity contribution in [2.24, 2.45) is 17.8 Å². The molecule has 4 atom stereocenters. The molecule has 0 aromatic rings. The molecular formula is C18H31N3. The SMILES string of the molecule is C[C@@H]1CCN2CN(C[C@@H]3CCC4NCCCC4C3)C=C2C1. The normalized spacial score (nSPS) is 39.8. The van der Waals surface area contributed by atoms with Gasteiger partial charge in [-0.05, 0) is 69.2 Å². The van der Waals surface area contributed by atoms with Gasteiger partial charge >= 0.3 is 0 Å². The monoisotopic (exact) mass is 289 g/mol. The minimum absolute atomic E-state index is 0.846. The van der Waals surface area contributed by atoms with E-state index in [9.17, 15) is 0 Å². The fraction of sp³-hybridized carbons (Fsp3) is 0.889. The van der Waals surface area contributed by atoms with E-state index in [4.69, 9.17) is 0 Å². The fourth-order valence-corrected chi connectivity index (χ4v) is 5.08. The highest BCUT2D eigenvalue weighted by atomic mass is 15.4. The van der Waals surface area contributed by atoms with Crippen molar-refractivity contribution in [1.29, 1.82) is 0 Å². The summed E-state index contributed by atoms with van der Waals surface area (Å²) in [6.45, 7) is 7.42. The van der Waals surface area contributed by atoms with E-state index in [1.54, 1.807) is 5.70 Å². The van der Waals surface area contributed by atoms with Gasteiger partial charge in [0.25, 0.3) is 0 Å². The van der Waals surface area contributed by atoms with Crippen molar-refractivity contribution in [3.05, 3.63) is 11.9 Å². The summed E-state index contributed by atoms with van der Waals surface area (Å²) < 4.78 is 0. The van der Waals surface area contributed by atoms with E-state index >= 15 is 0 Å². The van der Waals surface area contributed by atoms with Crippen LogP contribution in [0.4, 0.5) is 0 Å². The molecule has 3 fully saturated rings. The van der Waals surface area contributed by atoms with Gasteiger partial charge < -0.3 is 15.1 Å². The molecule has 1 saturated carbocycles. The predicted octanol–water partition coefficient (Wildman–Crippen LogP) is 3.00. The lowest BCUT2D eigenvalue weighted by molar-refractivity contribution is 0.131. The van der Waals surface area contributed by atoms with E-state index in [-0.39, 0.29) is 0 Å². The average molecular weight is 289 g/mol. The Labute approximate surface area is 129 Å². The van der Waals surface area contributed by atoms with Gasteiger partial charge in [-0.2, -0.15) is 0 Å². The first kappa shape index (κ1) is 13.9. The molecule has 0 aromatic heterocycles. The van der Waals surface area contributed by atoms with Crippen LogP contribution in [0.15, 0.2) is 11.9 Å². The summed E-state index contributed by atoms with van der Waals surface area (Å²) in [6, 6.07) is 0.846. The molecule has 3 aliphatic heterocycles. The van der Waals surface area contributed by atoms with Crippen LogP contribution in [0.2, 0.25) is 0 Å². The van der Waals surface area contributed by atoms with Crippen molar-refractivity contribution < 1.29 is 0 Å². The molecule has 0 radical (unpaired) electrons. The van der Waals surface area contributed by atoms with Crippen molar-refractivity contribution >= 4 is 0 Å². The number of nitrogens with one attached hydrogen (secondary N) is 1. The summed E-state index contributed by atoms with van der Waals surface area (Å²) in [4.78, 5) is 5.24. The average Bonchev–Trinajstić information content (AvgIpc) is 2.88. The number of allylic oxidation sites excluding steroid dienone is 1. The topological polar surface area (TPSA) is 18.5 Å². The van der Waals surface area contributed by atoms with Gasteiger partial charge in [0.05, 0.1) is 6.67 Å². The molecular weight excluding hydrogens is 258 g/mol. The van der Waals surface area contributed by atoms with Crippen molar-refractivity contribution in [2.75, 3.05) is 26.3 Å². The third kappa shape index (κ3) is 2.94. The van der Waals surface area contributed by atoms with Crippen LogP contribution in [-0.4, -0.2) is 42.1 Å². The number of rotatable bonds is 2. The minimum atomic E-state index is 0.846. The fourth-order valence-electron chi connectivity index (χ4n) is 5.08. The third-order valence-corrected chi connectivity index (χ3v) is 6.28. The molecule has 118 valence electrons. The van der Waals surface area contributed by atoms with E-state index in [2.05, 4.69) is 28.2 Å². The number of fused-ring (bicyclic) bond motifs is 2. The highest BCUT2D eigenvalue weighted by Crippen LogP contribution is 2.36. The van der Waals surface area contributed by atoms with Crippen LogP contribution in [-0.2, 0) is 0 Å². The minimum Gasteiger partial charge on any atom is -0.358 e. The Balaban J connectivity index is 1.33. The Bertz CT molecular complexity index is 405. The highest BCUT2D eigenvalue weighted by Gasteiger charge is 2.34. The molecule has 4 aliphatic rings. The van der Waals surface area contributed by atoms with Crippen LogP contribution in [0.1, 0.15) is 51.9 Å². The molecule has 3 heteroatoms. The quantitative estimate of drug-likeness (QED) is 0.843. The molecule has 3 nitrogen and oxygen atoms in total. The molecule has 1 aliphatic carbocycles. The van der Waals surface area contributed by atoms with Crippen LogP contribution in [0.5, 0.6) is 0 Å². The van der Waals surface area contributed by atoms with Crippen molar-refractivity contribution in [1.82, 2.24) is 15.1 Å². The summed E-state index contributed by atoms with van der Waals surface area (Å²) in [5, 5.41) is 3.75. The predicted molar refractivity (Wildman–Crippen MR) is 86.6 cm³/mol. The van der Waals surface area contributed by atoms with Gasteiger partial charge in [0.1, 0.15) is 0 Å². The van der Waals surface area contributed by atoms with Gasteiger partial charge in [0.15, 0.2) is 0 Å².